The van der Waals surface area contributed by atoms with Crippen molar-refractivity contribution in [3.8, 4) is 0 Å². The maximum Gasteiger partial charge on any atom is 0.259 e. The zero-order valence-corrected chi connectivity index (χ0v) is 18.8. The molecule has 4 rings (SSSR count). The summed E-state index contributed by atoms with van der Waals surface area (Å²) in [5, 5.41) is 3.08. The average molecular weight is 435 g/mol. The van der Waals surface area contributed by atoms with Gasteiger partial charge in [-0.05, 0) is 38.0 Å². The molecule has 0 aromatic heterocycles. The van der Waals surface area contributed by atoms with Gasteiger partial charge in [0.05, 0.1) is 10.9 Å². The fourth-order valence-corrected chi connectivity index (χ4v) is 4.53. The highest BCUT2D eigenvalue weighted by atomic mass is 32.2. The summed E-state index contributed by atoms with van der Waals surface area (Å²) in [7, 11) is 0. The number of nitrogens with one attached hydrogen (secondary N) is 1. The van der Waals surface area contributed by atoms with Crippen molar-refractivity contribution in [2.75, 3.05) is 0 Å². The van der Waals surface area contributed by atoms with Gasteiger partial charge in [-0.2, -0.15) is 0 Å². The largest absolute Gasteiger partial charge is 0.351 e. The van der Waals surface area contributed by atoms with Crippen molar-refractivity contribution in [2.24, 2.45) is 9.98 Å². The standard InChI is InChI=1S/C24H26N4O2S/c1-4-7-20-23(30)28-21(26-20)18-8-5-6-9-19(18)27-24(28)31-16(3)22(29)25-14-17-12-10-15(2)11-13-17/h5-6,8-13,16,20H,4,7,14H2,1-3H3,(H,25,29). The number of hydrogen-bond acceptors (Lipinski definition) is 5. The van der Waals surface area contributed by atoms with Crippen molar-refractivity contribution >= 4 is 40.3 Å². The van der Waals surface area contributed by atoms with Crippen LogP contribution in [0.25, 0.3) is 0 Å². The number of fused-ring (bicyclic) bond motifs is 3. The van der Waals surface area contributed by atoms with E-state index in [0.717, 1.165) is 23.2 Å². The number of amides is 2. The van der Waals surface area contributed by atoms with Gasteiger partial charge >= 0.3 is 0 Å². The van der Waals surface area contributed by atoms with Crippen molar-refractivity contribution in [3.63, 3.8) is 0 Å². The minimum atomic E-state index is -0.409. The fourth-order valence-electron chi connectivity index (χ4n) is 3.59. The molecule has 0 radical (unpaired) electrons. The summed E-state index contributed by atoms with van der Waals surface area (Å²) in [5.41, 5.74) is 3.86. The first-order valence-corrected chi connectivity index (χ1v) is 11.5. The van der Waals surface area contributed by atoms with Crippen LogP contribution in [0.4, 0.5) is 5.69 Å². The SMILES string of the molecule is CCCC1N=C2c3ccccc3N=C(SC(C)C(=O)NCc3ccc(C)cc3)N2C1=O. The molecule has 2 amide bonds. The van der Waals surface area contributed by atoms with E-state index in [1.54, 1.807) is 4.90 Å². The van der Waals surface area contributed by atoms with E-state index in [-0.39, 0.29) is 17.9 Å². The lowest BCUT2D eigenvalue weighted by atomic mass is 10.1. The lowest BCUT2D eigenvalue weighted by Gasteiger charge is -2.26. The number of benzene rings is 2. The Morgan fingerprint density at radius 3 is 2.68 bits per heavy atom. The number of para-hydroxylation sites is 1. The normalized spacial score (nSPS) is 18.1. The number of amidine groups is 2. The minimum Gasteiger partial charge on any atom is -0.351 e. The first kappa shape index (κ1) is 21.3. The zero-order valence-electron chi connectivity index (χ0n) is 18.0. The Morgan fingerprint density at radius 2 is 1.94 bits per heavy atom. The van der Waals surface area contributed by atoms with E-state index >= 15 is 0 Å². The summed E-state index contributed by atoms with van der Waals surface area (Å²) in [6.07, 6.45) is 1.58. The van der Waals surface area contributed by atoms with E-state index in [1.807, 2.05) is 69.3 Å². The molecule has 6 nitrogen and oxygen atoms in total. The second-order valence-corrected chi connectivity index (χ2v) is 9.11. The topological polar surface area (TPSA) is 74.1 Å². The van der Waals surface area contributed by atoms with E-state index in [2.05, 4.69) is 5.32 Å². The number of thioether (sulfide) groups is 1. The molecule has 1 N–H and O–H groups in total. The Bertz CT molecular complexity index is 1060. The van der Waals surface area contributed by atoms with Gasteiger partial charge in [-0.25, -0.2) is 9.89 Å². The molecule has 2 atom stereocenters. The maximum atomic E-state index is 13.1. The summed E-state index contributed by atoms with van der Waals surface area (Å²) in [4.78, 5) is 36.8. The van der Waals surface area contributed by atoms with Crippen molar-refractivity contribution < 1.29 is 9.59 Å². The highest BCUT2D eigenvalue weighted by molar-refractivity contribution is 8.15. The second-order valence-electron chi connectivity index (χ2n) is 7.81. The van der Waals surface area contributed by atoms with Crippen LogP contribution >= 0.6 is 11.8 Å². The van der Waals surface area contributed by atoms with E-state index < -0.39 is 5.25 Å². The lowest BCUT2D eigenvalue weighted by Crippen LogP contribution is -2.42. The Hall–Kier alpha value is -2.93. The first-order valence-electron chi connectivity index (χ1n) is 10.6. The zero-order chi connectivity index (χ0) is 22.0. The van der Waals surface area contributed by atoms with Crippen LogP contribution in [-0.4, -0.2) is 39.0 Å². The second kappa shape index (κ2) is 9.06. The van der Waals surface area contributed by atoms with Crippen molar-refractivity contribution in [2.45, 2.75) is 51.4 Å². The van der Waals surface area contributed by atoms with Crippen LogP contribution in [0.2, 0.25) is 0 Å². The minimum absolute atomic E-state index is 0.0649. The molecule has 0 bridgehead atoms. The third-order valence-electron chi connectivity index (χ3n) is 5.35. The quantitative estimate of drug-likeness (QED) is 0.741. The van der Waals surface area contributed by atoms with Gasteiger partial charge < -0.3 is 5.32 Å². The van der Waals surface area contributed by atoms with Gasteiger partial charge in [-0.3, -0.25) is 14.6 Å². The number of aliphatic imine (C=N–C) groups is 2. The Kier molecular flexibility index (Phi) is 6.23. The van der Waals surface area contributed by atoms with E-state index in [4.69, 9.17) is 9.98 Å². The van der Waals surface area contributed by atoms with Crippen molar-refractivity contribution in [1.82, 2.24) is 10.2 Å². The van der Waals surface area contributed by atoms with E-state index in [1.165, 1.54) is 17.3 Å². The molecule has 2 aliphatic rings. The molecule has 2 aromatic rings. The fraction of sp³-hybridized carbons (Fsp3) is 0.333. The maximum absolute atomic E-state index is 13.1. The third-order valence-corrected chi connectivity index (χ3v) is 6.40. The average Bonchev–Trinajstić information content (AvgIpc) is 3.10. The number of aryl methyl sites for hydroxylation is 1. The number of hydrogen-bond donors (Lipinski definition) is 1. The molecule has 31 heavy (non-hydrogen) atoms. The third kappa shape index (κ3) is 4.42. The Labute approximate surface area is 186 Å². The molecule has 0 spiro atoms. The Balaban J connectivity index is 1.51. The van der Waals surface area contributed by atoms with Gasteiger partial charge in [0.2, 0.25) is 5.91 Å². The van der Waals surface area contributed by atoms with Crippen LogP contribution in [0.1, 0.15) is 43.4 Å². The molecular formula is C24H26N4O2S. The highest BCUT2D eigenvalue weighted by Crippen LogP contribution is 2.35. The summed E-state index contributed by atoms with van der Waals surface area (Å²) in [5.74, 6) is 0.482. The molecule has 2 aliphatic heterocycles. The van der Waals surface area contributed by atoms with Crippen LogP contribution in [0.3, 0.4) is 0 Å². The van der Waals surface area contributed by atoms with Crippen LogP contribution in [0, 0.1) is 6.92 Å². The summed E-state index contributed by atoms with van der Waals surface area (Å²) >= 11 is 1.29. The summed E-state index contributed by atoms with van der Waals surface area (Å²) < 4.78 is 0. The molecule has 2 heterocycles. The molecule has 0 saturated heterocycles. The summed E-state index contributed by atoms with van der Waals surface area (Å²) in [6, 6.07) is 15.4. The predicted octanol–water partition coefficient (Wildman–Crippen LogP) is 4.19. The van der Waals surface area contributed by atoms with Gasteiger partial charge in [0.1, 0.15) is 11.9 Å². The monoisotopic (exact) mass is 434 g/mol. The van der Waals surface area contributed by atoms with Crippen LogP contribution in [-0.2, 0) is 16.1 Å². The van der Waals surface area contributed by atoms with Gasteiger partial charge in [0.15, 0.2) is 5.17 Å². The number of nitrogens with zero attached hydrogens (tertiary/aromatic N) is 3. The van der Waals surface area contributed by atoms with Crippen LogP contribution in [0.15, 0.2) is 58.5 Å². The van der Waals surface area contributed by atoms with Crippen LogP contribution in [0.5, 0.6) is 0 Å². The first-order chi connectivity index (χ1) is 15.0. The van der Waals surface area contributed by atoms with Gasteiger partial charge in [0.25, 0.3) is 5.91 Å². The molecule has 2 aromatic carbocycles. The smallest absolute Gasteiger partial charge is 0.259 e. The molecule has 0 saturated carbocycles. The van der Waals surface area contributed by atoms with E-state index in [0.29, 0.717) is 24.0 Å². The lowest BCUT2D eigenvalue weighted by molar-refractivity contribution is -0.124. The van der Waals surface area contributed by atoms with Crippen molar-refractivity contribution in [1.29, 1.82) is 0 Å². The van der Waals surface area contributed by atoms with Gasteiger partial charge in [-0.1, -0.05) is 67.1 Å². The highest BCUT2D eigenvalue weighted by Gasteiger charge is 2.41. The molecule has 0 fully saturated rings. The molecule has 2 unspecified atom stereocenters. The molecule has 0 aliphatic carbocycles. The van der Waals surface area contributed by atoms with E-state index in [9.17, 15) is 9.59 Å². The predicted molar refractivity (Wildman–Crippen MR) is 126 cm³/mol. The Morgan fingerprint density at radius 1 is 1.19 bits per heavy atom. The summed E-state index contributed by atoms with van der Waals surface area (Å²) in [6.45, 7) is 6.38. The molecule has 160 valence electrons. The number of carbonyl (C=O) groups is 2. The van der Waals surface area contributed by atoms with Crippen LogP contribution < -0.4 is 5.32 Å². The number of rotatable bonds is 6. The molecular weight excluding hydrogens is 408 g/mol. The van der Waals surface area contributed by atoms with Gasteiger partial charge in [0, 0.05) is 12.1 Å². The molecule has 7 heteroatoms. The van der Waals surface area contributed by atoms with Gasteiger partial charge in [-0.15, -0.1) is 0 Å². The van der Waals surface area contributed by atoms with Crippen molar-refractivity contribution in [3.05, 3.63) is 65.2 Å². The number of carbonyl (C=O) groups excluding carboxylic acids is 2.